The Bertz CT molecular complexity index is 781. The monoisotopic (exact) mass is 308 g/mol. The highest BCUT2D eigenvalue weighted by Gasteiger charge is 2.17. The minimum absolute atomic E-state index is 0.545. The van der Waals surface area contributed by atoms with Gasteiger partial charge < -0.3 is 14.2 Å². The molecule has 0 amide bonds. The number of fused-ring (bicyclic) bond motifs is 1. The first-order valence-corrected chi connectivity index (χ1v) is 7.87. The van der Waals surface area contributed by atoms with Crippen molar-refractivity contribution in [1.82, 2.24) is 0 Å². The van der Waals surface area contributed by atoms with Crippen molar-refractivity contribution >= 4 is 10.8 Å². The van der Waals surface area contributed by atoms with Crippen LogP contribution in [0.3, 0.4) is 0 Å². The van der Waals surface area contributed by atoms with Crippen LogP contribution in [0.15, 0.2) is 60.7 Å². The zero-order valence-electron chi connectivity index (χ0n) is 13.4. The standard InChI is InChI=1S/C20H20O3/c1-3-21-19-17-13-9-8-10-15(17)14-18(20(19)22-4-2)23-16-11-6-5-7-12-16/h5-14H,3-4H2,1-2H3. The van der Waals surface area contributed by atoms with E-state index in [-0.39, 0.29) is 0 Å². The van der Waals surface area contributed by atoms with Gasteiger partial charge in [0.2, 0.25) is 5.75 Å². The van der Waals surface area contributed by atoms with Crippen molar-refractivity contribution in [1.29, 1.82) is 0 Å². The lowest BCUT2D eigenvalue weighted by Crippen LogP contribution is -2.01. The van der Waals surface area contributed by atoms with E-state index >= 15 is 0 Å². The highest BCUT2D eigenvalue weighted by molar-refractivity contribution is 5.93. The third-order valence-corrected chi connectivity index (χ3v) is 3.47. The largest absolute Gasteiger partial charge is 0.489 e. The molecule has 0 heterocycles. The zero-order chi connectivity index (χ0) is 16.1. The van der Waals surface area contributed by atoms with E-state index in [0.717, 1.165) is 22.3 Å². The van der Waals surface area contributed by atoms with Crippen LogP contribution in [0, 0.1) is 0 Å². The van der Waals surface area contributed by atoms with Crippen LogP contribution in [-0.4, -0.2) is 13.2 Å². The van der Waals surface area contributed by atoms with Gasteiger partial charge in [-0.25, -0.2) is 0 Å². The summed E-state index contributed by atoms with van der Waals surface area (Å²) in [5.41, 5.74) is 0. The van der Waals surface area contributed by atoms with E-state index < -0.39 is 0 Å². The molecule has 118 valence electrons. The van der Waals surface area contributed by atoms with Crippen molar-refractivity contribution < 1.29 is 14.2 Å². The average Bonchev–Trinajstić information content (AvgIpc) is 2.59. The van der Waals surface area contributed by atoms with Gasteiger partial charge in [0.05, 0.1) is 13.2 Å². The summed E-state index contributed by atoms with van der Waals surface area (Å²) in [6.07, 6.45) is 0. The Morgan fingerprint density at radius 2 is 1.39 bits per heavy atom. The van der Waals surface area contributed by atoms with Gasteiger partial charge in [-0.1, -0.05) is 42.5 Å². The molecule has 3 aromatic rings. The maximum Gasteiger partial charge on any atom is 0.204 e. The van der Waals surface area contributed by atoms with E-state index in [1.165, 1.54) is 0 Å². The van der Waals surface area contributed by atoms with Gasteiger partial charge in [0, 0.05) is 5.39 Å². The predicted octanol–water partition coefficient (Wildman–Crippen LogP) is 5.43. The van der Waals surface area contributed by atoms with Crippen LogP contribution >= 0.6 is 0 Å². The lowest BCUT2D eigenvalue weighted by molar-refractivity contribution is 0.280. The molecule has 0 unspecified atom stereocenters. The molecule has 0 aliphatic heterocycles. The Balaban J connectivity index is 2.16. The second-order valence-electron chi connectivity index (χ2n) is 5.04. The normalized spacial score (nSPS) is 10.5. The van der Waals surface area contributed by atoms with Crippen LogP contribution in [0.4, 0.5) is 0 Å². The van der Waals surface area contributed by atoms with Gasteiger partial charge in [0.25, 0.3) is 0 Å². The fourth-order valence-electron chi connectivity index (χ4n) is 2.53. The van der Waals surface area contributed by atoms with E-state index in [9.17, 15) is 0 Å². The topological polar surface area (TPSA) is 27.7 Å². The van der Waals surface area contributed by atoms with Crippen molar-refractivity contribution in [2.45, 2.75) is 13.8 Å². The third-order valence-electron chi connectivity index (χ3n) is 3.47. The number of benzene rings is 3. The maximum atomic E-state index is 6.05. The molecule has 0 spiro atoms. The predicted molar refractivity (Wildman–Crippen MR) is 92.8 cm³/mol. The number of para-hydroxylation sites is 1. The Kier molecular flexibility index (Phi) is 4.67. The van der Waals surface area contributed by atoms with Gasteiger partial charge in [-0.3, -0.25) is 0 Å². The molecule has 23 heavy (non-hydrogen) atoms. The molecular formula is C20H20O3. The van der Waals surface area contributed by atoms with E-state index in [1.807, 2.05) is 74.5 Å². The van der Waals surface area contributed by atoms with Gasteiger partial charge in [-0.15, -0.1) is 0 Å². The summed E-state index contributed by atoms with van der Waals surface area (Å²) >= 11 is 0. The summed E-state index contributed by atoms with van der Waals surface area (Å²) in [5, 5.41) is 2.09. The fourth-order valence-corrected chi connectivity index (χ4v) is 2.53. The van der Waals surface area contributed by atoms with Crippen LogP contribution in [0.2, 0.25) is 0 Å². The molecule has 0 atom stereocenters. The van der Waals surface area contributed by atoms with Crippen LogP contribution < -0.4 is 14.2 Å². The SMILES string of the molecule is CCOc1c(Oc2ccccc2)cc2ccccc2c1OCC. The summed E-state index contributed by atoms with van der Waals surface area (Å²) in [6.45, 7) is 5.04. The third kappa shape index (κ3) is 3.24. The molecule has 0 N–H and O–H groups in total. The Morgan fingerprint density at radius 1 is 0.739 bits per heavy atom. The molecule has 0 aliphatic carbocycles. The summed E-state index contributed by atoms with van der Waals surface area (Å²) in [5.74, 6) is 2.82. The van der Waals surface area contributed by atoms with Gasteiger partial charge >= 0.3 is 0 Å². The molecule has 0 fully saturated rings. The molecule has 0 bridgehead atoms. The first kappa shape index (κ1) is 15.2. The molecule has 0 saturated heterocycles. The first-order valence-electron chi connectivity index (χ1n) is 7.87. The maximum absolute atomic E-state index is 6.05. The molecular weight excluding hydrogens is 288 g/mol. The molecule has 3 aromatic carbocycles. The zero-order valence-corrected chi connectivity index (χ0v) is 13.4. The average molecular weight is 308 g/mol. The second-order valence-corrected chi connectivity index (χ2v) is 5.04. The first-order chi connectivity index (χ1) is 11.3. The highest BCUT2D eigenvalue weighted by atomic mass is 16.5. The summed E-state index contributed by atoms with van der Waals surface area (Å²) in [6, 6.07) is 19.8. The molecule has 0 aliphatic rings. The Morgan fingerprint density at radius 3 is 2.13 bits per heavy atom. The molecule has 3 rings (SSSR count). The summed E-state index contributed by atoms with van der Waals surface area (Å²) in [7, 11) is 0. The van der Waals surface area contributed by atoms with E-state index in [2.05, 4.69) is 0 Å². The number of rotatable bonds is 6. The summed E-state index contributed by atoms with van der Waals surface area (Å²) in [4.78, 5) is 0. The number of ether oxygens (including phenoxy) is 3. The van der Waals surface area contributed by atoms with Crippen molar-refractivity contribution in [2.24, 2.45) is 0 Å². The van der Waals surface area contributed by atoms with Crippen molar-refractivity contribution in [3.05, 3.63) is 60.7 Å². The van der Waals surface area contributed by atoms with Crippen molar-refractivity contribution in [3.63, 3.8) is 0 Å². The number of hydrogen-bond acceptors (Lipinski definition) is 3. The van der Waals surface area contributed by atoms with Gasteiger partial charge in [0.15, 0.2) is 11.5 Å². The molecule has 0 radical (unpaired) electrons. The smallest absolute Gasteiger partial charge is 0.204 e. The fraction of sp³-hybridized carbons (Fsp3) is 0.200. The quantitative estimate of drug-likeness (QED) is 0.607. The summed E-state index contributed by atoms with van der Waals surface area (Å²) < 4.78 is 17.8. The molecule has 3 heteroatoms. The minimum atomic E-state index is 0.545. The Hall–Kier alpha value is -2.68. The lowest BCUT2D eigenvalue weighted by atomic mass is 10.1. The molecule has 3 nitrogen and oxygen atoms in total. The van der Waals surface area contributed by atoms with E-state index in [0.29, 0.717) is 24.7 Å². The highest BCUT2D eigenvalue weighted by Crippen LogP contribution is 2.45. The van der Waals surface area contributed by atoms with Crippen LogP contribution in [0.5, 0.6) is 23.0 Å². The van der Waals surface area contributed by atoms with Crippen LogP contribution in [0.25, 0.3) is 10.8 Å². The lowest BCUT2D eigenvalue weighted by Gasteiger charge is -2.18. The van der Waals surface area contributed by atoms with Gasteiger partial charge in [0.1, 0.15) is 5.75 Å². The van der Waals surface area contributed by atoms with Gasteiger partial charge in [-0.05, 0) is 37.4 Å². The minimum Gasteiger partial charge on any atom is -0.489 e. The van der Waals surface area contributed by atoms with Crippen molar-refractivity contribution in [3.8, 4) is 23.0 Å². The van der Waals surface area contributed by atoms with E-state index in [4.69, 9.17) is 14.2 Å². The molecule has 0 aromatic heterocycles. The van der Waals surface area contributed by atoms with Crippen LogP contribution in [0.1, 0.15) is 13.8 Å². The molecule has 0 saturated carbocycles. The van der Waals surface area contributed by atoms with Crippen LogP contribution in [-0.2, 0) is 0 Å². The van der Waals surface area contributed by atoms with E-state index in [1.54, 1.807) is 0 Å². The van der Waals surface area contributed by atoms with Gasteiger partial charge in [-0.2, -0.15) is 0 Å². The Labute approximate surface area is 136 Å². The second kappa shape index (κ2) is 7.05. The van der Waals surface area contributed by atoms with Crippen molar-refractivity contribution in [2.75, 3.05) is 13.2 Å². The number of hydrogen-bond donors (Lipinski definition) is 0.